The molecule has 2 bridgehead atoms. The molecule has 4 rings (SSSR count). The first-order valence-electron chi connectivity index (χ1n) is 8.41. The van der Waals surface area contributed by atoms with Crippen LogP contribution in [-0.4, -0.2) is 70.0 Å². The van der Waals surface area contributed by atoms with Gasteiger partial charge in [0.05, 0.1) is 24.5 Å². The maximum Gasteiger partial charge on any atom is 0.243 e. The average Bonchev–Trinajstić information content (AvgIpc) is 2.92. The second-order valence-corrected chi connectivity index (χ2v) is 8.39. The molecule has 3 aliphatic rings. The molecule has 138 valence electrons. The molecule has 0 N–H and O–H groups in total. The van der Waals surface area contributed by atoms with Crippen molar-refractivity contribution in [2.75, 3.05) is 40.5 Å². The van der Waals surface area contributed by atoms with Crippen LogP contribution in [0.25, 0.3) is 0 Å². The van der Waals surface area contributed by atoms with Crippen molar-refractivity contribution in [1.29, 1.82) is 0 Å². The number of hydrogen-bond acceptors (Lipinski definition) is 5. The van der Waals surface area contributed by atoms with Gasteiger partial charge in [-0.15, -0.1) is 0 Å². The van der Waals surface area contributed by atoms with E-state index in [9.17, 15) is 13.2 Å². The van der Waals surface area contributed by atoms with Crippen LogP contribution in [0.3, 0.4) is 0 Å². The number of rotatable bonds is 6. The lowest BCUT2D eigenvalue weighted by Crippen LogP contribution is -2.49. The SMILES string of the molecule is COCCN1C(=O)[C@H]2CC[C@@H]1CN(S(=O)(=O)c1ccc(OC)cc1)C2. The van der Waals surface area contributed by atoms with Crippen molar-refractivity contribution in [3.63, 3.8) is 0 Å². The minimum Gasteiger partial charge on any atom is -0.497 e. The Hall–Kier alpha value is -1.64. The standard InChI is InChI=1S/C17H24N2O5S/c1-23-10-9-19-14-4-3-13(17(19)20)11-18(12-14)25(21,22)16-7-5-15(24-2)6-8-16/h5-8,13-14H,3-4,9-12H2,1-2H3/t13-,14+/m0/s1. The van der Waals surface area contributed by atoms with Crippen LogP contribution in [0.15, 0.2) is 29.2 Å². The highest BCUT2D eigenvalue weighted by molar-refractivity contribution is 7.89. The molecule has 0 saturated carbocycles. The van der Waals surface area contributed by atoms with E-state index < -0.39 is 10.0 Å². The van der Waals surface area contributed by atoms with Gasteiger partial charge in [-0.05, 0) is 37.1 Å². The van der Waals surface area contributed by atoms with Crippen LogP contribution in [-0.2, 0) is 19.6 Å². The summed E-state index contributed by atoms with van der Waals surface area (Å²) in [7, 11) is -0.500. The number of methoxy groups -OCH3 is 2. The summed E-state index contributed by atoms with van der Waals surface area (Å²) in [5.74, 6) is 0.375. The molecule has 0 unspecified atom stereocenters. The van der Waals surface area contributed by atoms with Gasteiger partial charge in [0.25, 0.3) is 0 Å². The number of ether oxygens (including phenoxy) is 2. The number of fused-ring (bicyclic) bond motifs is 4. The van der Waals surface area contributed by atoms with E-state index in [-0.39, 0.29) is 29.3 Å². The minimum atomic E-state index is -3.64. The molecule has 0 spiro atoms. The topological polar surface area (TPSA) is 76.2 Å². The number of carbonyl (C=O) groups excluding carboxylic acids is 1. The van der Waals surface area contributed by atoms with E-state index >= 15 is 0 Å². The van der Waals surface area contributed by atoms with Crippen LogP contribution in [0.2, 0.25) is 0 Å². The number of benzene rings is 1. The van der Waals surface area contributed by atoms with Crippen LogP contribution < -0.4 is 4.74 Å². The highest BCUT2D eigenvalue weighted by Gasteiger charge is 2.43. The Morgan fingerprint density at radius 2 is 1.84 bits per heavy atom. The second-order valence-electron chi connectivity index (χ2n) is 6.45. The predicted octanol–water partition coefficient (Wildman–Crippen LogP) is 0.953. The normalized spacial score (nSPS) is 24.4. The number of piperidine rings is 1. The van der Waals surface area contributed by atoms with Crippen molar-refractivity contribution in [3.8, 4) is 5.75 Å². The molecule has 3 fully saturated rings. The van der Waals surface area contributed by atoms with Gasteiger partial charge in [-0.3, -0.25) is 4.79 Å². The molecule has 3 heterocycles. The van der Waals surface area contributed by atoms with E-state index in [1.807, 2.05) is 0 Å². The summed E-state index contributed by atoms with van der Waals surface area (Å²) in [5, 5.41) is 0. The third kappa shape index (κ3) is 3.51. The lowest BCUT2D eigenvalue weighted by molar-refractivity contribution is -0.140. The van der Waals surface area contributed by atoms with Crippen molar-refractivity contribution in [2.24, 2.45) is 5.92 Å². The van der Waals surface area contributed by atoms with E-state index in [2.05, 4.69) is 0 Å². The Morgan fingerprint density at radius 3 is 2.48 bits per heavy atom. The molecular weight excluding hydrogens is 344 g/mol. The maximum atomic E-state index is 13.0. The molecule has 8 heteroatoms. The Morgan fingerprint density at radius 1 is 1.12 bits per heavy atom. The molecule has 25 heavy (non-hydrogen) atoms. The van der Waals surface area contributed by atoms with Gasteiger partial charge < -0.3 is 14.4 Å². The van der Waals surface area contributed by atoms with Crippen LogP contribution in [0, 0.1) is 5.92 Å². The van der Waals surface area contributed by atoms with Gasteiger partial charge in [0.15, 0.2) is 0 Å². The van der Waals surface area contributed by atoms with Crippen molar-refractivity contribution in [3.05, 3.63) is 24.3 Å². The zero-order valence-electron chi connectivity index (χ0n) is 14.6. The highest BCUT2D eigenvalue weighted by Crippen LogP contribution is 2.32. The van der Waals surface area contributed by atoms with E-state index in [1.54, 1.807) is 36.3 Å². The van der Waals surface area contributed by atoms with E-state index in [4.69, 9.17) is 9.47 Å². The third-order valence-corrected chi connectivity index (χ3v) is 6.84. The van der Waals surface area contributed by atoms with Crippen LogP contribution in [0.1, 0.15) is 12.8 Å². The van der Waals surface area contributed by atoms with Crippen LogP contribution >= 0.6 is 0 Å². The molecule has 0 aromatic heterocycles. The fourth-order valence-corrected chi connectivity index (χ4v) is 5.10. The second kappa shape index (κ2) is 7.31. The maximum absolute atomic E-state index is 13.0. The molecule has 1 amide bonds. The summed E-state index contributed by atoms with van der Waals surface area (Å²) in [5.41, 5.74) is 0. The first-order chi connectivity index (χ1) is 12.0. The van der Waals surface area contributed by atoms with Crippen molar-refractivity contribution >= 4 is 15.9 Å². The summed E-state index contributed by atoms with van der Waals surface area (Å²) in [6.45, 7) is 1.54. The fourth-order valence-electron chi connectivity index (χ4n) is 3.58. The lowest BCUT2D eigenvalue weighted by Gasteiger charge is -2.35. The van der Waals surface area contributed by atoms with Crippen molar-refractivity contribution in [1.82, 2.24) is 9.21 Å². The molecule has 1 aromatic rings. The van der Waals surface area contributed by atoms with E-state index in [1.165, 1.54) is 11.4 Å². The average molecular weight is 368 g/mol. The molecule has 1 aromatic carbocycles. The summed E-state index contributed by atoms with van der Waals surface area (Å²) < 4.78 is 37.7. The molecular formula is C17H24N2O5S. The highest BCUT2D eigenvalue weighted by atomic mass is 32.2. The molecule has 2 atom stereocenters. The number of carbonyl (C=O) groups is 1. The van der Waals surface area contributed by atoms with Gasteiger partial charge in [0.1, 0.15) is 5.75 Å². The Bertz CT molecular complexity index is 719. The fraction of sp³-hybridized carbons (Fsp3) is 0.588. The van der Waals surface area contributed by atoms with Gasteiger partial charge >= 0.3 is 0 Å². The van der Waals surface area contributed by atoms with Crippen LogP contribution in [0.4, 0.5) is 0 Å². The number of amides is 1. The van der Waals surface area contributed by atoms with Crippen molar-refractivity contribution < 1.29 is 22.7 Å². The van der Waals surface area contributed by atoms with Gasteiger partial charge in [0.2, 0.25) is 15.9 Å². The molecule has 3 saturated heterocycles. The summed E-state index contributed by atoms with van der Waals surface area (Å²) in [6, 6.07) is 6.27. The third-order valence-electron chi connectivity index (χ3n) is 4.99. The summed E-state index contributed by atoms with van der Waals surface area (Å²) >= 11 is 0. The Kier molecular flexibility index (Phi) is 5.31. The number of nitrogens with zero attached hydrogens (tertiary/aromatic N) is 2. The zero-order valence-corrected chi connectivity index (χ0v) is 15.4. The first-order valence-corrected chi connectivity index (χ1v) is 9.85. The minimum absolute atomic E-state index is 0.0423. The largest absolute Gasteiger partial charge is 0.497 e. The Labute approximate surface area is 148 Å². The summed E-state index contributed by atoms with van der Waals surface area (Å²) in [4.78, 5) is 14.7. The monoisotopic (exact) mass is 368 g/mol. The molecule has 3 aliphatic heterocycles. The summed E-state index contributed by atoms with van der Waals surface area (Å²) in [6.07, 6.45) is 1.57. The van der Waals surface area contributed by atoms with Crippen molar-refractivity contribution in [2.45, 2.75) is 23.8 Å². The van der Waals surface area contributed by atoms with Gasteiger partial charge in [-0.1, -0.05) is 0 Å². The quantitative estimate of drug-likeness (QED) is 0.747. The smallest absolute Gasteiger partial charge is 0.243 e. The number of hydrogen-bond donors (Lipinski definition) is 0. The molecule has 0 aliphatic carbocycles. The molecule has 0 radical (unpaired) electrons. The van der Waals surface area contributed by atoms with E-state index in [0.717, 1.165) is 12.8 Å². The van der Waals surface area contributed by atoms with Gasteiger partial charge in [-0.25, -0.2) is 8.42 Å². The zero-order chi connectivity index (χ0) is 18.0. The molecule has 7 nitrogen and oxygen atoms in total. The first kappa shape index (κ1) is 18.2. The Balaban J connectivity index is 1.84. The van der Waals surface area contributed by atoms with Gasteiger partial charge in [0, 0.05) is 32.8 Å². The predicted molar refractivity (Wildman–Crippen MR) is 91.9 cm³/mol. The lowest BCUT2D eigenvalue weighted by atomic mass is 9.94. The van der Waals surface area contributed by atoms with E-state index in [0.29, 0.717) is 25.4 Å². The number of sulfonamides is 1. The van der Waals surface area contributed by atoms with Crippen LogP contribution in [0.5, 0.6) is 5.75 Å². The van der Waals surface area contributed by atoms with Gasteiger partial charge in [-0.2, -0.15) is 4.31 Å².